The summed E-state index contributed by atoms with van der Waals surface area (Å²) >= 11 is 0. The fourth-order valence-corrected chi connectivity index (χ4v) is 3.18. The number of aliphatic carboxylic acids is 1. The third-order valence-electron chi connectivity index (χ3n) is 4.47. The molecule has 0 bridgehead atoms. The zero-order valence-electron chi connectivity index (χ0n) is 15.4. The molecule has 0 unspecified atom stereocenters. The van der Waals surface area contributed by atoms with Gasteiger partial charge < -0.3 is 14.6 Å². The zero-order valence-corrected chi connectivity index (χ0v) is 15.4. The van der Waals surface area contributed by atoms with Gasteiger partial charge in [-0.05, 0) is 42.8 Å². The predicted molar refractivity (Wildman–Crippen MR) is 97.3 cm³/mol. The van der Waals surface area contributed by atoms with E-state index in [-0.39, 0.29) is 29.0 Å². The van der Waals surface area contributed by atoms with Crippen molar-refractivity contribution in [3.63, 3.8) is 0 Å². The summed E-state index contributed by atoms with van der Waals surface area (Å²) in [5.41, 5.74) is 0.976. The van der Waals surface area contributed by atoms with Crippen LogP contribution in [0.5, 0.6) is 11.5 Å². The summed E-state index contributed by atoms with van der Waals surface area (Å²) in [4.78, 5) is 24.3. The van der Waals surface area contributed by atoms with Gasteiger partial charge in [0, 0.05) is 22.7 Å². The van der Waals surface area contributed by atoms with Crippen molar-refractivity contribution in [2.24, 2.45) is 0 Å². The van der Waals surface area contributed by atoms with Crippen molar-refractivity contribution in [3.05, 3.63) is 59.0 Å². The number of hydrogen-bond acceptors (Lipinski definition) is 4. The number of benzene rings is 2. The first-order valence-corrected chi connectivity index (χ1v) is 8.41. The smallest absolute Gasteiger partial charge is 0.387 e. The molecule has 2 aromatic carbocycles. The van der Waals surface area contributed by atoms with Crippen LogP contribution in [-0.4, -0.2) is 35.3 Å². The van der Waals surface area contributed by atoms with Crippen molar-refractivity contribution in [2.45, 2.75) is 20.0 Å². The molecule has 0 radical (unpaired) electrons. The van der Waals surface area contributed by atoms with Gasteiger partial charge in [0.2, 0.25) is 0 Å². The van der Waals surface area contributed by atoms with Gasteiger partial charge in [0.25, 0.3) is 5.91 Å². The van der Waals surface area contributed by atoms with Crippen LogP contribution in [0.2, 0.25) is 0 Å². The summed E-state index contributed by atoms with van der Waals surface area (Å²) in [6.45, 7) is -1.45. The minimum Gasteiger partial charge on any atom is -0.494 e. The van der Waals surface area contributed by atoms with E-state index < -0.39 is 24.3 Å². The highest BCUT2D eigenvalue weighted by molar-refractivity contribution is 6.05. The number of fused-ring (bicyclic) bond motifs is 1. The highest BCUT2D eigenvalue weighted by Crippen LogP contribution is 2.32. The van der Waals surface area contributed by atoms with E-state index in [4.69, 9.17) is 4.74 Å². The van der Waals surface area contributed by atoms with Gasteiger partial charge in [-0.1, -0.05) is 0 Å². The van der Waals surface area contributed by atoms with Gasteiger partial charge in [-0.15, -0.1) is 0 Å². The second kappa shape index (κ2) is 7.86. The Hall–Kier alpha value is -3.49. The number of carboxylic acids is 1. The molecule has 1 aromatic heterocycles. The number of carbonyl (C=O) groups is 2. The molecule has 3 rings (SSSR count). The molecule has 0 aliphatic carbocycles. The van der Waals surface area contributed by atoms with E-state index in [1.807, 2.05) is 0 Å². The number of rotatable bonds is 6. The fraction of sp³-hybridized carbons (Fsp3) is 0.200. The first kappa shape index (κ1) is 20.2. The zero-order chi connectivity index (χ0) is 21.3. The molecule has 0 aliphatic rings. The van der Waals surface area contributed by atoms with Crippen LogP contribution in [0.3, 0.4) is 0 Å². The number of halogens is 3. The Labute approximate surface area is 163 Å². The van der Waals surface area contributed by atoms with Gasteiger partial charge in [-0.25, -0.2) is 4.39 Å². The lowest BCUT2D eigenvalue weighted by Crippen LogP contribution is -2.14. The van der Waals surface area contributed by atoms with Crippen LogP contribution in [0.4, 0.5) is 13.2 Å². The summed E-state index contributed by atoms with van der Waals surface area (Å²) in [6.07, 6.45) is -0.376. The molecule has 0 saturated heterocycles. The highest BCUT2D eigenvalue weighted by Gasteiger charge is 2.23. The number of alkyl halides is 2. The highest BCUT2D eigenvalue weighted by atomic mass is 19.3. The first-order chi connectivity index (χ1) is 13.7. The lowest BCUT2D eigenvalue weighted by molar-refractivity contribution is -0.136. The van der Waals surface area contributed by atoms with Crippen LogP contribution in [0.25, 0.3) is 10.9 Å². The number of carboxylic acid groups (broad SMARTS) is 1. The van der Waals surface area contributed by atoms with Crippen molar-refractivity contribution >= 4 is 22.8 Å². The van der Waals surface area contributed by atoms with Gasteiger partial charge in [0.1, 0.15) is 5.75 Å². The molecule has 9 heteroatoms. The third-order valence-corrected chi connectivity index (χ3v) is 4.47. The van der Waals surface area contributed by atoms with Crippen LogP contribution in [0, 0.1) is 12.7 Å². The molecule has 0 aliphatic heterocycles. The normalized spacial score (nSPS) is 11.1. The predicted octanol–water partition coefficient (Wildman–Crippen LogP) is 4.01. The number of methoxy groups -OCH3 is 1. The molecule has 0 saturated carbocycles. The van der Waals surface area contributed by atoms with Crippen molar-refractivity contribution in [2.75, 3.05) is 7.11 Å². The number of aromatic nitrogens is 1. The maximum atomic E-state index is 14.3. The molecule has 0 atom stereocenters. The fourth-order valence-electron chi connectivity index (χ4n) is 3.18. The molecule has 1 N–H and O–H groups in total. The Morgan fingerprint density at radius 2 is 1.83 bits per heavy atom. The SMILES string of the molecule is COc1cc2c(CC(=O)O)c(C)n(C(=O)c3ccc(OC(F)F)cc3)c2cc1F. The van der Waals surface area contributed by atoms with E-state index in [0.717, 1.165) is 6.07 Å². The summed E-state index contributed by atoms with van der Waals surface area (Å²) in [5.74, 6) is -2.60. The minimum atomic E-state index is -3.00. The molecule has 29 heavy (non-hydrogen) atoms. The van der Waals surface area contributed by atoms with Crippen LogP contribution in [0.1, 0.15) is 21.6 Å². The summed E-state index contributed by atoms with van der Waals surface area (Å²) in [5, 5.41) is 9.59. The van der Waals surface area contributed by atoms with Crippen molar-refractivity contribution in [3.8, 4) is 11.5 Å². The molecule has 0 amide bonds. The summed E-state index contributed by atoms with van der Waals surface area (Å²) in [6, 6.07) is 7.45. The average Bonchev–Trinajstić information content (AvgIpc) is 2.91. The van der Waals surface area contributed by atoms with Gasteiger partial charge in [-0.3, -0.25) is 14.2 Å². The molecule has 6 nitrogen and oxygen atoms in total. The van der Waals surface area contributed by atoms with Crippen LogP contribution < -0.4 is 9.47 Å². The first-order valence-electron chi connectivity index (χ1n) is 8.41. The third kappa shape index (κ3) is 3.89. The molecule has 3 aromatic rings. The van der Waals surface area contributed by atoms with E-state index in [1.165, 1.54) is 42.0 Å². The Balaban J connectivity index is 2.15. The average molecular weight is 407 g/mol. The van der Waals surface area contributed by atoms with E-state index >= 15 is 0 Å². The molecule has 0 fully saturated rings. The molecular formula is C20H16F3NO5. The van der Waals surface area contributed by atoms with Gasteiger partial charge in [0.05, 0.1) is 19.0 Å². The Bertz CT molecular complexity index is 1090. The quantitative estimate of drug-likeness (QED) is 0.668. The standard InChI is InChI=1S/C20H16F3NO5/c1-10-13(8-18(25)26)14-7-17(28-2)15(21)9-16(14)24(10)19(27)11-3-5-12(6-4-11)29-20(22)23/h3-7,9,20H,8H2,1-2H3,(H,25,26). The minimum absolute atomic E-state index is 0.0813. The van der Waals surface area contributed by atoms with E-state index in [2.05, 4.69) is 4.74 Å². The number of nitrogens with zero attached hydrogens (tertiary/aromatic N) is 1. The van der Waals surface area contributed by atoms with Gasteiger partial charge >= 0.3 is 12.6 Å². The van der Waals surface area contributed by atoms with E-state index in [9.17, 15) is 27.9 Å². The second-order valence-corrected chi connectivity index (χ2v) is 6.18. The van der Waals surface area contributed by atoms with Crippen molar-refractivity contribution in [1.29, 1.82) is 0 Å². The van der Waals surface area contributed by atoms with E-state index in [0.29, 0.717) is 16.6 Å². The van der Waals surface area contributed by atoms with Crippen molar-refractivity contribution in [1.82, 2.24) is 4.57 Å². The second-order valence-electron chi connectivity index (χ2n) is 6.18. The van der Waals surface area contributed by atoms with Crippen molar-refractivity contribution < 1.29 is 37.3 Å². The monoisotopic (exact) mass is 407 g/mol. The Kier molecular flexibility index (Phi) is 5.49. The largest absolute Gasteiger partial charge is 0.494 e. The number of hydrogen-bond donors (Lipinski definition) is 1. The van der Waals surface area contributed by atoms with Crippen LogP contribution in [0.15, 0.2) is 36.4 Å². The molecular weight excluding hydrogens is 391 g/mol. The van der Waals surface area contributed by atoms with E-state index in [1.54, 1.807) is 6.92 Å². The molecule has 1 heterocycles. The molecule has 152 valence electrons. The maximum absolute atomic E-state index is 14.3. The number of ether oxygens (including phenoxy) is 2. The lowest BCUT2D eigenvalue weighted by Gasteiger charge is -2.09. The Morgan fingerprint density at radius 1 is 1.17 bits per heavy atom. The van der Waals surface area contributed by atoms with Crippen LogP contribution in [-0.2, 0) is 11.2 Å². The maximum Gasteiger partial charge on any atom is 0.387 e. The summed E-state index contributed by atoms with van der Waals surface area (Å²) in [7, 11) is 1.28. The van der Waals surface area contributed by atoms with Gasteiger partial charge in [-0.2, -0.15) is 8.78 Å². The van der Waals surface area contributed by atoms with Gasteiger partial charge in [0.15, 0.2) is 11.6 Å². The summed E-state index contributed by atoms with van der Waals surface area (Å²) < 4.78 is 49.3. The number of carbonyl (C=O) groups excluding carboxylic acids is 1. The van der Waals surface area contributed by atoms with Crippen LogP contribution >= 0.6 is 0 Å². The topological polar surface area (TPSA) is 77.8 Å². The lowest BCUT2D eigenvalue weighted by atomic mass is 10.1. The molecule has 0 spiro atoms. The Morgan fingerprint density at radius 3 is 2.38 bits per heavy atom.